The zero-order valence-electron chi connectivity index (χ0n) is 11.4. The van der Waals surface area contributed by atoms with E-state index < -0.39 is 5.76 Å². The molecule has 0 spiro atoms. The van der Waals surface area contributed by atoms with Crippen molar-refractivity contribution in [2.45, 2.75) is 0 Å². The maximum Gasteiger partial charge on any atom is 0.439 e. The summed E-state index contributed by atoms with van der Waals surface area (Å²) < 4.78 is 14.3. The molecule has 8 heteroatoms. The van der Waals surface area contributed by atoms with Crippen LogP contribution >= 0.6 is 0 Å². The Hall–Kier alpha value is -2.45. The molecule has 1 aromatic heterocycles. The Morgan fingerprint density at radius 1 is 1.33 bits per heavy atom. The highest BCUT2D eigenvalue weighted by atomic mass is 16.5. The first-order chi connectivity index (χ1) is 10.2. The van der Waals surface area contributed by atoms with Gasteiger partial charge in [0, 0.05) is 18.4 Å². The molecule has 0 radical (unpaired) electrons. The number of ether oxygens (including phenoxy) is 2. The van der Waals surface area contributed by atoms with Crippen molar-refractivity contribution in [1.82, 2.24) is 10.1 Å². The van der Waals surface area contributed by atoms with E-state index in [0.717, 1.165) is 0 Å². The molecular formula is C13H15N3O5. The van der Waals surface area contributed by atoms with Crippen LogP contribution in [-0.4, -0.2) is 43.0 Å². The zero-order valence-corrected chi connectivity index (χ0v) is 11.4. The number of nitrogens with zero attached hydrogens (tertiary/aromatic N) is 1. The van der Waals surface area contributed by atoms with Gasteiger partial charge < -0.3 is 14.8 Å². The molecule has 2 rings (SSSR count). The van der Waals surface area contributed by atoms with Gasteiger partial charge in [-0.05, 0) is 24.3 Å². The molecule has 21 heavy (non-hydrogen) atoms. The summed E-state index contributed by atoms with van der Waals surface area (Å²) in [5.41, 5.74) is 1.29. The van der Waals surface area contributed by atoms with Crippen LogP contribution in [0.25, 0.3) is 11.4 Å². The number of aromatic amines is 1. The van der Waals surface area contributed by atoms with Crippen LogP contribution in [0.4, 0.5) is 5.69 Å². The highest BCUT2D eigenvalue weighted by Gasteiger charge is 2.06. The summed E-state index contributed by atoms with van der Waals surface area (Å²) >= 11 is 0. The summed E-state index contributed by atoms with van der Waals surface area (Å²) in [4.78, 5) is 24.9. The molecule has 2 N–H and O–H groups in total. The second-order valence-electron chi connectivity index (χ2n) is 4.11. The minimum atomic E-state index is -0.615. The van der Waals surface area contributed by atoms with Crippen LogP contribution < -0.4 is 11.1 Å². The third kappa shape index (κ3) is 4.55. The van der Waals surface area contributed by atoms with Gasteiger partial charge in [-0.25, -0.2) is 4.79 Å². The van der Waals surface area contributed by atoms with Gasteiger partial charge in [0.1, 0.15) is 6.61 Å². The Morgan fingerprint density at radius 3 is 2.71 bits per heavy atom. The van der Waals surface area contributed by atoms with E-state index in [2.05, 4.69) is 20.0 Å². The molecule has 0 aliphatic heterocycles. The van der Waals surface area contributed by atoms with Crippen LogP contribution in [0.5, 0.6) is 0 Å². The third-order valence-corrected chi connectivity index (χ3v) is 2.55. The van der Waals surface area contributed by atoms with Crippen molar-refractivity contribution < 1.29 is 18.8 Å². The third-order valence-electron chi connectivity index (χ3n) is 2.55. The number of rotatable bonds is 7. The van der Waals surface area contributed by atoms with E-state index in [1.165, 1.54) is 0 Å². The largest absolute Gasteiger partial charge is 0.439 e. The number of methoxy groups -OCH3 is 1. The van der Waals surface area contributed by atoms with E-state index in [1.807, 2.05) is 0 Å². The normalized spacial score (nSPS) is 10.5. The van der Waals surface area contributed by atoms with Gasteiger partial charge in [-0.1, -0.05) is 5.16 Å². The van der Waals surface area contributed by atoms with Crippen molar-refractivity contribution in [2.24, 2.45) is 0 Å². The van der Waals surface area contributed by atoms with E-state index in [9.17, 15) is 9.59 Å². The molecule has 0 aliphatic rings. The molecule has 8 nitrogen and oxygen atoms in total. The van der Waals surface area contributed by atoms with Gasteiger partial charge in [0.2, 0.25) is 5.91 Å². The van der Waals surface area contributed by atoms with Gasteiger partial charge in [0.05, 0.1) is 13.2 Å². The Morgan fingerprint density at radius 2 is 2.10 bits per heavy atom. The van der Waals surface area contributed by atoms with Crippen LogP contribution in [0.3, 0.4) is 0 Å². The molecule has 0 bridgehead atoms. The van der Waals surface area contributed by atoms with Crippen molar-refractivity contribution >= 4 is 11.6 Å². The maximum atomic E-state index is 11.6. The fraction of sp³-hybridized carbons (Fsp3) is 0.308. The van der Waals surface area contributed by atoms with Crippen LogP contribution in [0.15, 0.2) is 33.6 Å². The highest BCUT2D eigenvalue weighted by molar-refractivity contribution is 5.91. The van der Waals surface area contributed by atoms with Gasteiger partial charge in [-0.15, -0.1) is 0 Å². The fourth-order valence-electron chi connectivity index (χ4n) is 1.57. The van der Waals surface area contributed by atoms with Gasteiger partial charge >= 0.3 is 5.76 Å². The molecule has 0 fully saturated rings. The Bertz CT molecular complexity index is 632. The predicted octanol–water partition coefficient (Wildman–Crippen LogP) is 0.631. The van der Waals surface area contributed by atoms with Crippen LogP contribution in [0.2, 0.25) is 0 Å². The maximum absolute atomic E-state index is 11.6. The zero-order chi connectivity index (χ0) is 15.1. The molecule has 0 aliphatic carbocycles. The van der Waals surface area contributed by atoms with Crippen LogP contribution in [0.1, 0.15) is 0 Å². The number of hydrogen-bond acceptors (Lipinski definition) is 6. The summed E-state index contributed by atoms with van der Waals surface area (Å²) in [7, 11) is 1.56. The van der Waals surface area contributed by atoms with Crippen molar-refractivity contribution in [2.75, 3.05) is 32.2 Å². The van der Waals surface area contributed by atoms with E-state index >= 15 is 0 Å². The Balaban J connectivity index is 1.87. The SMILES string of the molecule is COCCOCC(=O)Nc1ccc(-c2noc(=O)[nH]2)cc1. The highest BCUT2D eigenvalue weighted by Crippen LogP contribution is 2.16. The second-order valence-corrected chi connectivity index (χ2v) is 4.11. The van der Waals surface area contributed by atoms with Crippen molar-refractivity contribution in [3.05, 3.63) is 34.8 Å². The smallest absolute Gasteiger partial charge is 0.382 e. The van der Waals surface area contributed by atoms with E-state index in [4.69, 9.17) is 9.47 Å². The minimum Gasteiger partial charge on any atom is -0.382 e. The van der Waals surface area contributed by atoms with Crippen molar-refractivity contribution in [3.63, 3.8) is 0 Å². The van der Waals surface area contributed by atoms with Crippen molar-refractivity contribution in [3.8, 4) is 11.4 Å². The van der Waals surface area contributed by atoms with Crippen LogP contribution in [-0.2, 0) is 14.3 Å². The second kappa shape index (κ2) is 7.36. The number of aromatic nitrogens is 2. The predicted molar refractivity (Wildman–Crippen MR) is 73.9 cm³/mol. The van der Waals surface area contributed by atoms with Gasteiger partial charge in [-0.2, -0.15) is 0 Å². The molecular weight excluding hydrogens is 278 g/mol. The summed E-state index contributed by atoms with van der Waals surface area (Å²) in [5, 5.41) is 6.25. The number of carbonyl (C=O) groups excluding carboxylic acids is 1. The van der Waals surface area contributed by atoms with Crippen molar-refractivity contribution in [1.29, 1.82) is 0 Å². The first-order valence-corrected chi connectivity index (χ1v) is 6.22. The van der Waals surface area contributed by atoms with E-state index in [0.29, 0.717) is 30.3 Å². The summed E-state index contributed by atoms with van der Waals surface area (Å²) in [6.45, 7) is 0.766. The lowest BCUT2D eigenvalue weighted by molar-refractivity contribution is -0.121. The molecule has 0 saturated heterocycles. The van der Waals surface area contributed by atoms with Crippen LogP contribution in [0, 0.1) is 0 Å². The number of benzene rings is 1. The lowest BCUT2D eigenvalue weighted by Gasteiger charge is -2.06. The molecule has 0 unspecified atom stereocenters. The van der Waals surface area contributed by atoms with Gasteiger partial charge in [0.15, 0.2) is 5.82 Å². The molecule has 1 heterocycles. The Labute approximate surface area is 120 Å². The van der Waals surface area contributed by atoms with Gasteiger partial charge in [0.25, 0.3) is 0 Å². The van der Waals surface area contributed by atoms with E-state index in [-0.39, 0.29) is 12.5 Å². The number of anilines is 1. The average molecular weight is 293 g/mol. The fourth-order valence-corrected chi connectivity index (χ4v) is 1.57. The minimum absolute atomic E-state index is 0.0400. The summed E-state index contributed by atoms with van der Waals surface area (Å²) in [6.07, 6.45) is 0. The monoisotopic (exact) mass is 293 g/mol. The first-order valence-electron chi connectivity index (χ1n) is 6.22. The molecule has 1 aromatic carbocycles. The lowest BCUT2D eigenvalue weighted by atomic mass is 10.2. The average Bonchev–Trinajstić information content (AvgIpc) is 2.91. The molecule has 0 atom stereocenters. The molecule has 1 amide bonds. The lowest BCUT2D eigenvalue weighted by Crippen LogP contribution is -2.19. The van der Waals surface area contributed by atoms with E-state index in [1.54, 1.807) is 31.4 Å². The topological polar surface area (TPSA) is 106 Å². The number of amides is 1. The number of carbonyl (C=O) groups is 1. The number of H-pyrrole nitrogens is 1. The molecule has 2 aromatic rings. The summed E-state index contributed by atoms with van der Waals surface area (Å²) in [5.74, 6) is -0.537. The molecule has 0 saturated carbocycles. The standard InChI is InChI=1S/C13H15N3O5/c1-19-6-7-20-8-11(17)14-10-4-2-9(3-5-10)12-15-13(18)21-16-12/h2-5H,6-8H2,1H3,(H,14,17)(H,15,16,18). The Kier molecular flexibility index (Phi) is 5.24. The summed E-state index contributed by atoms with van der Waals surface area (Å²) in [6, 6.07) is 6.79. The van der Waals surface area contributed by atoms with Gasteiger partial charge in [-0.3, -0.25) is 14.3 Å². The number of nitrogens with one attached hydrogen (secondary N) is 2. The number of hydrogen-bond donors (Lipinski definition) is 2. The quantitative estimate of drug-likeness (QED) is 0.725. The first kappa shape index (κ1) is 14.9. The molecule has 112 valence electrons.